The zero-order valence-corrected chi connectivity index (χ0v) is 15.5. The molecule has 0 saturated heterocycles. The second kappa shape index (κ2) is 6.99. The van der Waals surface area contributed by atoms with E-state index in [0.717, 1.165) is 25.5 Å². The third kappa shape index (κ3) is 3.52. The molecule has 0 aromatic heterocycles. The van der Waals surface area contributed by atoms with Crippen molar-refractivity contribution in [2.45, 2.75) is 19.9 Å². The molecule has 1 unspecified atom stereocenters. The molecule has 0 aliphatic heterocycles. The lowest BCUT2D eigenvalue weighted by Crippen LogP contribution is -2.19. The molecule has 0 amide bonds. The monoisotopic (exact) mass is 415 g/mol. The normalized spacial score (nSPS) is 12.3. The summed E-state index contributed by atoms with van der Waals surface area (Å²) in [6, 6.07) is 10.6. The molecule has 0 fully saturated rings. The van der Waals surface area contributed by atoms with Crippen LogP contribution in [0, 0.1) is 17.4 Å². The summed E-state index contributed by atoms with van der Waals surface area (Å²) >= 11 is 8.51. The number of benzene rings is 2. The lowest BCUT2D eigenvalue weighted by molar-refractivity contribution is 0.411. The lowest BCUT2D eigenvalue weighted by atomic mass is 9.93. The Bertz CT molecular complexity index is 657. The third-order valence-electron chi connectivity index (χ3n) is 3.66. The summed E-state index contributed by atoms with van der Waals surface area (Å²) < 4.78 is 6.46. The molecule has 0 heterocycles. The number of hydrogen-bond acceptors (Lipinski definition) is 2. The number of nitrogens with one attached hydrogen (secondary N) is 1. The molecule has 0 spiro atoms. The van der Waals surface area contributed by atoms with Crippen molar-refractivity contribution >= 4 is 34.2 Å². The number of hydrogen-bond donors (Lipinski definition) is 1. The fraction of sp³-hybridized carbons (Fsp3) is 0.294. The van der Waals surface area contributed by atoms with Gasteiger partial charge in [-0.05, 0) is 83.9 Å². The van der Waals surface area contributed by atoms with E-state index in [1.165, 1.54) is 11.1 Å². The Labute approximate surface area is 145 Å². The van der Waals surface area contributed by atoms with Gasteiger partial charge >= 0.3 is 0 Å². The average molecular weight is 416 g/mol. The van der Waals surface area contributed by atoms with Gasteiger partial charge < -0.3 is 10.1 Å². The van der Waals surface area contributed by atoms with Gasteiger partial charge in [0.05, 0.1) is 18.2 Å². The summed E-state index contributed by atoms with van der Waals surface area (Å²) in [4.78, 5) is 0. The van der Waals surface area contributed by atoms with Gasteiger partial charge in [-0.3, -0.25) is 0 Å². The van der Waals surface area contributed by atoms with Gasteiger partial charge in [0, 0.05) is 3.57 Å². The smallest absolute Gasteiger partial charge is 0.122 e. The predicted octanol–water partition coefficient (Wildman–Crippen LogP) is 4.88. The average Bonchev–Trinajstić information content (AvgIpc) is 2.46. The first kappa shape index (κ1) is 16.6. The van der Waals surface area contributed by atoms with E-state index in [2.05, 4.69) is 60.0 Å². The number of aryl methyl sites for hydroxylation is 2. The molecule has 0 aliphatic rings. The van der Waals surface area contributed by atoms with E-state index in [-0.39, 0.29) is 6.04 Å². The predicted molar refractivity (Wildman–Crippen MR) is 97.5 cm³/mol. The standard InChI is InChI=1S/C17H19ClINO/c1-10-8-16(21-4)11(2)7-13(10)17(20-3)12-5-6-15(19)14(18)9-12/h5-9,17,20H,1-4H3. The minimum atomic E-state index is 0.115. The van der Waals surface area contributed by atoms with Crippen LogP contribution in [0.1, 0.15) is 28.3 Å². The highest BCUT2D eigenvalue weighted by atomic mass is 127. The van der Waals surface area contributed by atoms with E-state index in [9.17, 15) is 0 Å². The van der Waals surface area contributed by atoms with Crippen LogP contribution < -0.4 is 10.1 Å². The topological polar surface area (TPSA) is 21.3 Å². The summed E-state index contributed by atoms with van der Waals surface area (Å²) in [5.41, 5.74) is 4.74. The molecule has 0 saturated carbocycles. The van der Waals surface area contributed by atoms with Crippen LogP contribution in [0.2, 0.25) is 5.02 Å². The number of methoxy groups -OCH3 is 1. The van der Waals surface area contributed by atoms with Gasteiger partial charge in [0.1, 0.15) is 5.75 Å². The van der Waals surface area contributed by atoms with Crippen LogP contribution in [-0.2, 0) is 0 Å². The van der Waals surface area contributed by atoms with Crippen molar-refractivity contribution in [1.82, 2.24) is 5.32 Å². The summed E-state index contributed by atoms with van der Waals surface area (Å²) in [6.45, 7) is 4.17. The number of ether oxygens (including phenoxy) is 1. The van der Waals surface area contributed by atoms with Crippen molar-refractivity contribution in [2.24, 2.45) is 0 Å². The second-order valence-electron chi connectivity index (χ2n) is 5.07. The summed E-state index contributed by atoms with van der Waals surface area (Å²) in [6.07, 6.45) is 0. The minimum Gasteiger partial charge on any atom is -0.496 e. The van der Waals surface area contributed by atoms with Crippen LogP contribution in [0.25, 0.3) is 0 Å². The van der Waals surface area contributed by atoms with Crippen molar-refractivity contribution in [3.8, 4) is 5.75 Å². The van der Waals surface area contributed by atoms with E-state index in [0.29, 0.717) is 0 Å². The molecule has 0 aliphatic carbocycles. The van der Waals surface area contributed by atoms with E-state index in [4.69, 9.17) is 16.3 Å². The van der Waals surface area contributed by atoms with E-state index in [1.807, 2.05) is 19.2 Å². The largest absolute Gasteiger partial charge is 0.496 e. The molecule has 4 heteroatoms. The fourth-order valence-electron chi connectivity index (χ4n) is 2.54. The van der Waals surface area contributed by atoms with Crippen LogP contribution >= 0.6 is 34.2 Å². The zero-order chi connectivity index (χ0) is 15.6. The Kier molecular flexibility index (Phi) is 5.52. The van der Waals surface area contributed by atoms with E-state index in [1.54, 1.807) is 7.11 Å². The Morgan fingerprint density at radius 3 is 2.43 bits per heavy atom. The minimum absolute atomic E-state index is 0.115. The molecule has 21 heavy (non-hydrogen) atoms. The van der Waals surface area contributed by atoms with Crippen LogP contribution in [0.15, 0.2) is 30.3 Å². The van der Waals surface area contributed by atoms with Crippen LogP contribution in [0.3, 0.4) is 0 Å². The molecule has 0 radical (unpaired) electrons. The van der Waals surface area contributed by atoms with Crippen molar-refractivity contribution in [3.05, 3.63) is 61.2 Å². The number of halogens is 2. The Hall–Kier alpha value is -0.780. The highest BCUT2D eigenvalue weighted by Crippen LogP contribution is 2.32. The summed E-state index contributed by atoms with van der Waals surface area (Å²) in [7, 11) is 3.67. The molecule has 0 bridgehead atoms. The van der Waals surface area contributed by atoms with Gasteiger partial charge in [-0.2, -0.15) is 0 Å². The molecule has 2 rings (SSSR count). The Morgan fingerprint density at radius 1 is 1.14 bits per heavy atom. The fourth-order valence-corrected chi connectivity index (χ4v) is 3.06. The molecule has 1 N–H and O–H groups in total. The van der Waals surface area contributed by atoms with Crippen LogP contribution in [0.5, 0.6) is 5.75 Å². The van der Waals surface area contributed by atoms with Gasteiger partial charge in [-0.1, -0.05) is 23.7 Å². The SMILES string of the molecule is CNC(c1ccc(I)c(Cl)c1)c1cc(C)c(OC)cc1C. The Morgan fingerprint density at radius 2 is 1.86 bits per heavy atom. The van der Waals surface area contributed by atoms with E-state index < -0.39 is 0 Å². The Balaban J connectivity index is 2.50. The molecule has 1 atom stereocenters. The number of rotatable bonds is 4. The molecule has 2 aromatic rings. The lowest BCUT2D eigenvalue weighted by Gasteiger charge is -2.21. The van der Waals surface area contributed by atoms with Gasteiger partial charge in [-0.25, -0.2) is 0 Å². The summed E-state index contributed by atoms with van der Waals surface area (Å²) in [5, 5.41) is 4.17. The van der Waals surface area contributed by atoms with Crippen molar-refractivity contribution < 1.29 is 4.74 Å². The van der Waals surface area contributed by atoms with Crippen molar-refractivity contribution in [1.29, 1.82) is 0 Å². The molecular formula is C17H19ClINO. The van der Waals surface area contributed by atoms with Gasteiger partial charge in [0.15, 0.2) is 0 Å². The quantitative estimate of drug-likeness (QED) is 0.719. The maximum atomic E-state index is 6.27. The highest BCUT2D eigenvalue weighted by Gasteiger charge is 2.17. The molecule has 2 nitrogen and oxygen atoms in total. The third-order valence-corrected chi connectivity index (χ3v) is 5.23. The maximum absolute atomic E-state index is 6.27. The first-order valence-electron chi connectivity index (χ1n) is 6.75. The van der Waals surface area contributed by atoms with Gasteiger partial charge in [-0.15, -0.1) is 0 Å². The first-order chi connectivity index (χ1) is 9.97. The summed E-state index contributed by atoms with van der Waals surface area (Å²) in [5.74, 6) is 0.923. The molecule has 112 valence electrons. The van der Waals surface area contributed by atoms with Gasteiger partial charge in [0.2, 0.25) is 0 Å². The van der Waals surface area contributed by atoms with Crippen LogP contribution in [-0.4, -0.2) is 14.2 Å². The molecular weight excluding hydrogens is 397 g/mol. The van der Waals surface area contributed by atoms with Crippen molar-refractivity contribution in [2.75, 3.05) is 14.2 Å². The maximum Gasteiger partial charge on any atom is 0.122 e. The van der Waals surface area contributed by atoms with Crippen molar-refractivity contribution in [3.63, 3.8) is 0 Å². The first-order valence-corrected chi connectivity index (χ1v) is 8.21. The van der Waals surface area contributed by atoms with E-state index >= 15 is 0 Å². The zero-order valence-electron chi connectivity index (χ0n) is 12.6. The molecule has 2 aromatic carbocycles. The van der Waals surface area contributed by atoms with Gasteiger partial charge in [0.25, 0.3) is 0 Å². The second-order valence-corrected chi connectivity index (χ2v) is 6.64. The van der Waals surface area contributed by atoms with Crippen LogP contribution in [0.4, 0.5) is 0 Å². The highest BCUT2D eigenvalue weighted by molar-refractivity contribution is 14.1.